The number of benzene rings is 2. The molecular formula is C36H32F8N8O4S. The van der Waals surface area contributed by atoms with Gasteiger partial charge in [0.25, 0.3) is 28.3 Å². The molecule has 5 aromatic rings. The van der Waals surface area contributed by atoms with E-state index in [1.807, 2.05) is 0 Å². The Balaban J connectivity index is 1.55. The van der Waals surface area contributed by atoms with Crippen LogP contribution in [-0.4, -0.2) is 61.6 Å². The summed E-state index contributed by atoms with van der Waals surface area (Å²) in [6, 6.07) is 5.39. The van der Waals surface area contributed by atoms with Gasteiger partial charge < -0.3 is 10.4 Å². The molecule has 21 heteroatoms. The van der Waals surface area contributed by atoms with Crippen LogP contribution in [0, 0.1) is 23.5 Å². The predicted octanol–water partition coefficient (Wildman–Crippen LogP) is 5.55. The second-order valence-electron chi connectivity index (χ2n) is 13.7. The van der Waals surface area contributed by atoms with E-state index in [-0.39, 0.29) is 48.8 Å². The average molecular weight is 825 g/mol. The van der Waals surface area contributed by atoms with Gasteiger partial charge in [0.15, 0.2) is 5.03 Å². The minimum atomic E-state index is -4.12. The summed E-state index contributed by atoms with van der Waals surface area (Å²) in [6.07, 6.45) is -5.83. The molecule has 3 heterocycles. The first-order valence-electron chi connectivity index (χ1n) is 16.9. The van der Waals surface area contributed by atoms with Crippen molar-refractivity contribution in [3.8, 4) is 23.0 Å². The molecule has 0 saturated carbocycles. The molecule has 0 radical (unpaired) electrons. The van der Waals surface area contributed by atoms with Gasteiger partial charge in [-0.25, -0.2) is 49.5 Å². The van der Waals surface area contributed by atoms with Crippen molar-refractivity contribution in [3.05, 3.63) is 88.3 Å². The number of hydrogen-bond donors (Lipinski definition) is 3. The molecular weight excluding hydrogens is 792 g/mol. The van der Waals surface area contributed by atoms with Crippen molar-refractivity contribution in [3.63, 3.8) is 0 Å². The summed E-state index contributed by atoms with van der Waals surface area (Å²) < 4.78 is 146. The predicted molar refractivity (Wildman–Crippen MR) is 186 cm³/mol. The molecule has 12 nitrogen and oxygen atoms in total. The Bertz CT molecular complexity index is 2560. The molecule has 1 aliphatic carbocycles. The highest BCUT2D eigenvalue weighted by Crippen LogP contribution is 2.52. The monoisotopic (exact) mass is 824 g/mol. The summed E-state index contributed by atoms with van der Waals surface area (Å²) in [6.45, 7) is 1.44. The number of carbonyl (C=O) groups is 1. The Morgan fingerprint density at radius 3 is 2.32 bits per heavy atom. The molecule has 0 spiro atoms. The van der Waals surface area contributed by atoms with E-state index in [1.165, 1.54) is 57.0 Å². The van der Waals surface area contributed by atoms with Gasteiger partial charge in [-0.05, 0) is 57.0 Å². The fraction of sp³-hybridized carbons (Fsp3) is 0.361. The highest BCUT2D eigenvalue weighted by Gasteiger charge is 2.55. The minimum Gasteiger partial charge on any atom is -0.378 e. The molecule has 0 saturated heterocycles. The van der Waals surface area contributed by atoms with Gasteiger partial charge in [0.1, 0.15) is 35.2 Å². The number of alkyl halides is 6. The first-order valence-corrected chi connectivity index (χ1v) is 18.4. The highest BCUT2D eigenvalue weighted by atomic mass is 32.2. The number of sulfonamides is 1. The summed E-state index contributed by atoms with van der Waals surface area (Å²) in [4.78, 5) is 22.6. The van der Waals surface area contributed by atoms with Gasteiger partial charge >= 0.3 is 0 Å². The van der Waals surface area contributed by atoms with E-state index in [9.17, 15) is 44.7 Å². The second-order valence-corrected chi connectivity index (χ2v) is 15.5. The lowest BCUT2D eigenvalue weighted by Gasteiger charge is -2.29. The molecule has 1 amide bonds. The minimum absolute atomic E-state index is 0.0654. The molecule has 57 heavy (non-hydrogen) atoms. The number of halogens is 8. The molecule has 0 bridgehead atoms. The molecule has 3 N–H and O–H groups in total. The second kappa shape index (κ2) is 14.8. The van der Waals surface area contributed by atoms with E-state index in [0.717, 1.165) is 12.1 Å². The summed E-state index contributed by atoms with van der Waals surface area (Å²) in [7, 11) is -1.49. The van der Waals surface area contributed by atoms with Gasteiger partial charge in [-0.2, -0.15) is 19.0 Å². The maximum atomic E-state index is 15.2. The van der Waals surface area contributed by atoms with Crippen molar-refractivity contribution >= 4 is 26.8 Å². The van der Waals surface area contributed by atoms with Crippen LogP contribution in [0.4, 0.5) is 35.1 Å². The SMILES string of the molecule is CNS(=O)(=O)c1nn(C)c2c(-c3cnc(C#CC(C)(C)O)nc3[C@H](Cc3cc(F)cc(F)c3)NC(=O)Cn3nc(C(F)F)c4c3C(F)(F)CCC4(F)F)cccc12. The van der Waals surface area contributed by atoms with E-state index >= 15 is 8.78 Å². The molecule has 302 valence electrons. The van der Waals surface area contributed by atoms with E-state index in [4.69, 9.17) is 0 Å². The maximum Gasteiger partial charge on any atom is 0.290 e. The Morgan fingerprint density at radius 2 is 1.68 bits per heavy atom. The van der Waals surface area contributed by atoms with Gasteiger partial charge in [-0.15, -0.1) is 0 Å². The third-order valence-electron chi connectivity index (χ3n) is 8.91. The summed E-state index contributed by atoms with van der Waals surface area (Å²) in [5.74, 6) is -6.62. The van der Waals surface area contributed by atoms with Crippen LogP contribution in [-0.2, 0) is 46.7 Å². The first kappa shape index (κ1) is 41.2. The Morgan fingerprint density at radius 1 is 1.02 bits per heavy atom. The molecule has 0 fully saturated rings. The largest absolute Gasteiger partial charge is 0.378 e. The molecule has 6 rings (SSSR count). The van der Waals surface area contributed by atoms with Gasteiger partial charge in [0, 0.05) is 48.7 Å². The molecule has 1 aliphatic rings. The standard InChI is InChI=1S/C36H32F8N8O4S/c1-34(2,54)9-8-25-46-16-23(21-6-5-7-22-30(21)51(4)50-33(22)57(55,56)45-3)28(48-25)24(14-18-12-19(37)15-20(38)13-18)47-26(53)17-52-31-27(29(49-52)32(39)40)35(41,42)10-11-36(31,43)44/h5-7,12-13,15-16,24,32,45,54H,10-11,14,17H2,1-4H3,(H,47,53)/t24-/m0/s1. The Labute approximate surface area is 319 Å². The van der Waals surface area contributed by atoms with E-state index in [2.05, 4.69) is 42.0 Å². The number of nitrogens with one attached hydrogen (secondary N) is 2. The number of aliphatic hydroxyl groups is 1. The van der Waals surface area contributed by atoms with Crippen LogP contribution in [0.1, 0.15) is 73.2 Å². The van der Waals surface area contributed by atoms with Crippen LogP contribution in [0.5, 0.6) is 0 Å². The zero-order valence-corrected chi connectivity index (χ0v) is 31.1. The molecule has 0 aliphatic heterocycles. The van der Waals surface area contributed by atoms with Gasteiger partial charge in [-0.1, -0.05) is 18.1 Å². The topological polar surface area (TPSA) is 157 Å². The number of fused-ring (bicyclic) bond motifs is 2. The third kappa shape index (κ3) is 8.33. The first-order chi connectivity index (χ1) is 26.5. The van der Waals surface area contributed by atoms with Crippen LogP contribution < -0.4 is 10.0 Å². The van der Waals surface area contributed by atoms with Gasteiger partial charge in [0.2, 0.25) is 11.7 Å². The average Bonchev–Trinajstić information content (AvgIpc) is 3.68. The van der Waals surface area contributed by atoms with E-state index in [0.29, 0.717) is 6.07 Å². The quantitative estimate of drug-likeness (QED) is 0.122. The number of nitrogens with zero attached hydrogens (tertiary/aromatic N) is 6. The van der Waals surface area contributed by atoms with Crippen molar-refractivity contribution in [2.24, 2.45) is 7.05 Å². The fourth-order valence-corrected chi connectivity index (χ4v) is 7.43. The zero-order chi connectivity index (χ0) is 41.8. The molecule has 0 unspecified atom stereocenters. The van der Waals surface area contributed by atoms with Crippen molar-refractivity contribution in [2.75, 3.05) is 7.05 Å². The van der Waals surface area contributed by atoms with E-state index < -0.39 is 100 Å². The van der Waals surface area contributed by atoms with Crippen molar-refractivity contribution < 1.29 is 53.4 Å². The van der Waals surface area contributed by atoms with Crippen molar-refractivity contribution in [1.29, 1.82) is 0 Å². The van der Waals surface area contributed by atoms with Crippen LogP contribution in [0.3, 0.4) is 0 Å². The highest BCUT2D eigenvalue weighted by molar-refractivity contribution is 7.89. The third-order valence-corrected chi connectivity index (χ3v) is 10.3. The van der Waals surface area contributed by atoms with Crippen molar-refractivity contribution in [2.45, 2.75) is 74.6 Å². The molecule has 1 atom stereocenters. The Kier molecular flexibility index (Phi) is 10.7. The molecule has 2 aromatic carbocycles. The van der Waals surface area contributed by atoms with Crippen LogP contribution in [0.2, 0.25) is 0 Å². The smallest absolute Gasteiger partial charge is 0.290 e. The number of rotatable bonds is 10. The lowest BCUT2D eigenvalue weighted by Crippen LogP contribution is -2.37. The van der Waals surface area contributed by atoms with Crippen LogP contribution in [0.25, 0.3) is 22.0 Å². The van der Waals surface area contributed by atoms with E-state index in [1.54, 1.807) is 0 Å². The summed E-state index contributed by atoms with van der Waals surface area (Å²) in [5, 5.41) is 20.0. The van der Waals surface area contributed by atoms with Crippen LogP contribution >= 0.6 is 0 Å². The number of carbonyl (C=O) groups excluding carboxylic acids is 1. The number of aryl methyl sites for hydroxylation is 1. The fourth-order valence-electron chi connectivity index (χ4n) is 6.55. The summed E-state index contributed by atoms with van der Waals surface area (Å²) in [5.41, 5.74) is -6.14. The molecule has 3 aromatic heterocycles. The summed E-state index contributed by atoms with van der Waals surface area (Å²) >= 11 is 0. The van der Waals surface area contributed by atoms with Gasteiger partial charge in [-0.3, -0.25) is 14.2 Å². The number of hydrogen-bond acceptors (Lipinski definition) is 8. The van der Waals surface area contributed by atoms with Crippen LogP contribution in [0.15, 0.2) is 47.6 Å². The number of para-hydroxylation sites is 1. The maximum absolute atomic E-state index is 15.2. The Hall–Kier alpha value is -5.46. The lowest BCUT2D eigenvalue weighted by atomic mass is 9.89. The number of aromatic nitrogens is 6. The van der Waals surface area contributed by atoms with Crippen molar-refractivity contribution in [1.82, 2.24) is 39.6 Å². The zero-order valence-electron chi connectivity index (χ0n) is 30.3. The lowest BCUT2D eigenvalue weighted by molar-refractivity contribution is -0.123. The number of amides is 1. The normalized spacial score (nSPS) is 15.6. The van der Waals surface area contributed by atoms with Gasteiger partial charge in [0.05, 0.1) is 22.8 Å².